The zero-order valence-electron chi connectivity index (χ0n) is 14.7. The lowest BCUT2D eigenvalue weighted by molar-refractivity contribution is 0.480. The summed E-state index contributed by atoms with van der Waals surface area (Å²) in [7, 11) is -3.46. The van der Waals surface area contributed by atoms with Gasteiger partial charge in [-0.1, -0.05) is 6.07 Å². The van der Waals surface area contributed by atoms with Crippen LogP contribution in [0.25, 0.3) is 0 Å². The summed E-state index contributed by atoms with van der Waals surface area (Å²) >= 11 is 0. The molecule has 0 aliphatic rings. The molecule has 27 heavy (non-hydrogen) atoms. The summed E-state index contributed by atoms with van der Waals surface area (Å²) in [5.74, 6) is 0.674. The van der Waals surface area contributed by atoms with Crippen molar-refractivity contribution in [1.82, 2.24) is 4.98 Å². The van der Waals surface area contributed by atoms with Gasteiger partial charge in [0.1, 0.15) is 17.3 Å². The molecule has 0 N–H and O–H groups in total. The minimum absolute atomic E-state index is 0.0128. The van der Waals surface area contributed by atoms with Gasteiger partial charge in [0.05, 0.1) is 18.0 Å². The van der Waals surface area contributed by atoms with E-state index < -0.39 is 10.0 Å². The standard InChI is InChI=1S/C20H19FN2O3S/c1-2-27(24,25)23(15-16-4-3-13-22-14-16)18-7-11-20(12-8-18)26-19-9-5-17(21)6-10-19/h3-14H,2,15H2,1H3. The molecule has 0 amide bonds. The van der Waals surface area contributed by atoms with Gasteiger partial charge in [-0.3, -0.25) is 9.29 Å². The summed E-state index contributed by atoms with van der Waals surface area (Å²) in [6.07, 6.45) is 3.29. The van der Waals surface area contributed by atoms with E-state index in [1.165, 1.54) is 28.6 Å². The monoisotopic (exact) mass is 386 g/mol. The summed E-state index contributed by atoms with van der Waals surface area (Å²) in [6.45, 7) is 1.81. The average Bonchev–Trinajstić information content (AvgIpc) is 2.69. The topological polar surface area (TPSA) is 59.5 Å². The highest BCUT2D eigenvalue weighted by Crippen LogP contribution is 2.27. The molecule has 0 unspecified atom stereocenters. The molecule has 2 aromatic carbocycles. The molecule has 0 spiro atoms. The third-order valence-corrected chi connectivity index (χ3v) is 5.66. The SMILES string of the molecule is CCS(=O)(=O)N(Cc1cccnc1)c1ccc(Oc2ccc(F)cc2)cc1. The lowest BCUT2D eigenvalue weighted by atomic mass is 10.2. The maximum Gasteiger partial charge on any atom is 0.235 e. The van der Waals surface area contributed by atoms with Crippen LogP contribution >= 0.6 is 0 Å². The molecule has 0 bridgehead atoms. The Hall–Kier alpha value is -2.93. The minimum Gasteiger partial charge on any atom is -0.457 e. The molecule has 0 aliphatic carbocycles. The molecule has 3 rings (SSSR count). The fraction of sp³-hybridized carbons (Fsp3) is 0.150. The highest BCUT2D eigenvalue weighted by atomic mass is 32.2. The highest BCUT2D eigenvalue weighted by molar-refractivity contribution is 7.92. The molecule has 1 heterocycles. The smallest absolute Gasteiger partial charge is 0.235 e. The summed E-state index contributed by atoms with van der Waals surface area (Å²) in [6, 6.07) is 16.0. The van der Waals surface area contributed by atoms with Gasteiger partial charge in [0.25, 0.3) is 0 Å². The van der Waals surface area contributed by atoms with Crippen LogP contribution in [0.2, 0.25) is 0 Å². The van der Waals surface area contributed by atoms with E-state index in [1.54, 1.807) is 49.6 Å². The number of anilines is 1. The second kappa shape index (κ2) is 8.18. The lowest BCUT2D eigenvalue weighted by Crippen LogP contribution is -2.31. The zero-order valence-corrected chi connectivity index (χ0v) is 15.6. The molecular formula is C20H19FN2O3S. The van der Waals surface area contributed by atoms with Crippen molar-refractivity contribution in [3.05, 3.63) is 84.4 Å². The number of sulfonamides is 1. The van der Waals surface area contributed by atoms with Gasteiger partial charge in [0.15, 0.2) is 0 Å². The number of ether oxygens (including phenoxy) is 1. The molecule has 3 aromatic rings. The third kappa shape index (κ3) is 4.83. The van der Waals surface area contributed by atoms with Crippen LogP contribution in [0.4, 0.5) is 10.1 Å². The first-order valence-electron chi connectivity index (χ1n) is 8.41. The number of hydrogen-bond acceptors (Lipinski definition) is 4. The number of pyridine rings is 1. The minimum atomic E-state index is -3.46. The number of aromatic nitrogens is 1. The number of benzene rings is 2. The molecule has 0 atom stereocenters. The Labute approximate surface area is 158 Å². The van der Waals surface area contributed by atoms with E-state index in [-0.39, 0.29) is 18.1 Å². The second-order valence-electron chi connectivity index (χ2n) is 5.82. The fourth-order valence-electron chi connectivity index (χ4n) is 2.48. The van der Waals surface area contributed by atoms with Crippen LogP contribution in [0.3, 0.4) is 0 Å². The van der Waals surface area contributed by atoms with E-state index in [0.29, 0.717) is 17.2 Å². The largest absolute Gasteiger partial charge is 0.457 e. The predicted molar refractivity (Wildman–Crippen MR) is 103 cm³/mol. The van der Waals surface area contributed by atoms with Gasteiger partial charge < -0.3 is 4.74 Å². The van der Waals surface area contributed by atoms with E-state index in [4.69, 9.17) is 4.74 Å². The normalized spacial score (nSPS) is 11.2. The number of hydrogen-bond donors (Lipinski definition) is 0. The average molecular weight is 386 g/mol. The maximum absolute atomic E-state index is 13.0. The Morgan fingerprint density at radius 1 is 1.00 bits per heavy atom. The summed E-state index contributed by atoms with van der Waals surface area (Å²) in [4.78, 5) is 4.04. The van der Waals surface area contributed by atoms with Crippen molar-refractivity contribution >= 4 is 15.7 Å². The number of nitrogens with zero attached hydrogens (tertiary/aromatic N) is 2. The van der Waals surface area contributed by atoms with E-state index in [0.717, 1.165) is 5.56 Å². The van der Waals surface area contributed by atoms with Gasteiger partial charge in [0.2, 0.25) is 10.0 Å². The molecule has 0 aliphatic heterocycles. The summed E-state index contributed by atoms with van der Waals surface area (Å²) < 4.78 is 45.1. The Morgan fingerprint density at radius 3 is 2.19 bits per heavy atom. The fourth-order valence-corrected chi connectivity index (χ4v) is 3.58. The van der Waals surface area contributed by atoms with E-state index in [1.807, 2.05) is 6.07 Å². The van der Waals surface area contributed by atoms with Crippen LogP contribution in [0.5, 0.6) is 11.5 Å². The van der Waals surface area contributed by atoms with Gasteiger partial charge in [-0.05, 0) is 67.1 Å². The first-order chi connectivity index (χ1) is 13.0. The van der Waals surface area contributed by atoms with E-state index >= 15 is 0 Å². The van der Waals surface area contributed by atoms with Crippen LogP contribution in [-0.2, 0) is 16.6 Å². The van der Waals surface area contributed by atoms with Crippen LogP contribution in [0.15, 0.2) is 73.1 Å². The first kappa shape index (κ1) is 18.8. The van der Waals surface area contributed by atoms with Gasteiger partial charge in [-0.2, -0.15) is 0 Å². The predicted octanol–water partition coefficient (Wildman–Crippen LogP) is 4.37. The van der Waals surface area contributed by atoms with Crippen molar-refractivity contribution in [1.29, 1.82) is 0 Å². The molecule has 0 saturated carbocycles. The van der Waals surface area contributed by atoms with Crippen LogP contribution < -0.4 is 9.04 Å². The van der Waals surface area contributed by atoms with Crippen LogP contribution in [0, 0.1) is 5.82 Å². The van der Waals surface area contributed by atoms with Crippen molar-refractivity contribution in [3.8, 4) is 11.5 Å². The molecule has 7 heteroatoms. The Kier molecular flexibility index (Phi) is 5.71. The summed E-state index contributed by atoms with van der Waals surface area (Å²) in [5.41, 5.74) is 1.33. The van der Waals surface area contributed by atoms with Crippen molar-refractivity contribution in [2.75, 3.05) is 10.1 Å². The van der Waals surface area contributed by atoms with Gasteiger partial charge in [-0.15, -0.1) is 0 Å². The number of rotatable bonds is 7. The molecule has 0 fully saturated rings. The van der Waals surface area contributed by atoms with E-state index in [9.17, 15) is 12.8 Å². The zero-order chi connectivity index (χ0) is 19.3. The first-order valence-corrected chi connectivity index (χ1v) is 10.0. The highest BCUT2D eigenvalue weighted by Gasteiger charge is 2.21. The van der Waals surface area contributed by atoms with Crippen LogP contribution in [0.1, 0.15) is 12.5 Å². The van der Waals surface area contributed by atoms with E-state index in [2.05, 4.69) is 4.98 Å². The second-order valence-corrected chi connectivity index (χ2v) is 8.00. The third-order valence-electron chi connectivity index (χ3n) is 3.92. The summed E-state index contributed by atoms with van der Waals surface area (Å²) in [5, 5.41) is 0. The number of halogens is 1. The van der Waals surface area contributed by atoms with Crippen molar-refractivity contribution in [2.24, 2.45) is 0 Å². The van der Waals surface area contributed by atoms with Gasteiger partial charge in [0, 0.05) is 12.4 Å². The van der Waals surface area contributed by atoms with Gasteiger partial charge >= 0.3 is 0 Å². The molecule has 0 saturated heterocycles. The maximum atomic E-state index is 13.0. The van der Waals surface area contributed by atoms with Crippen molar-refractivity contribution < 1.29 is 17.5 Å². The molecule has 1 aromatic heterocycles. The Balaban J connectivity index is 1.83. The van der Waals surface area contributed by atoms with Crippen molar-refractivity contribution in [3.63, 3.8) is 0 Å². The Morgan fingerprint density at radius 2 is 1.63 bits per heavy atom. The van der Waals surface area contributed by atoms with Crippen molar-refractivity contribution in [2.45, 2.75) is 13.5 Å². The lowest BCUT2D eigenvalue weighted by Gasteiger charge is -2.24. The molecular weight excluding hydrogens is 367 g/mol. The molecule has 0 radical (unpaired) electrons. The van der Waals surface area contributed by atoms with Crippen LogP contribution in [-0.4, -0.2) is 19.2 Å². The Bertz CT molecular complexity index is 976. The molecule has 140 valence electrons. The quantitative estimate of drug-likeness (QED) is 0.605. The van der Waals surface area contributed by atoms with Gasteiger partial charge in [-0.25, -0.2) is 12.8 Å². The molecule has 5 nitrogen and oxygen atoms in total.